The topological polar surface area (TPSA) is 53.0 Å². The Balaban J connectivity index is 2.29. The van der Waals surface area contributed by atoms with Crippen LogP contribution in [0.25, 0.3) is 0 Å². The van der Waals surface area contributed by atoms with Crippen LogP contribution < -0.4 is 10.6 Å². The number of benzene rings is 2. The average molecular weight is 283 g/mol. The largest absolute Gasteiger partial charge is 0.397 e. The van der Waals surface area contributed by atoms with Crippen LogP contribution in [0, 0.1) is 17.1 Å². The zero-order valence-electron chi connectivity index (χ0n) is 12.0. The molecule has 0 bridgehead atoms. The first-order valence-electron chi connectivity index (χ1n) is 6.93. The molecule has 2 aromatic carbocycles. The molecule has 0 aromatic heterocycles. The van der Waals surface area contributed by atoms with Crippen molar-refractivity contribution in [3.8, 4) is 6.07 Å². The van der Waals surface area contributed by atoms with Crippen molar-refractivity contribution < 1.29 is 4.39 Å². The van der Waals surface area contributed by atoms with Gasteiger partial charge in [-0.2, -0.15) is 5.26 Å². The van der Waals surface area contributed by atoms with E-state index < -0.39 is 5.82 Å². The normalized spacial score (nSPS) is 10.1. The van der Waals surface area contributed by atoms with E-state index >= 15 is 0 Å². The summed E-state index contributed by atoms with van der Waals surface area (Å²) >= 11 is 0. The van der Waals surface area contributed by atoms with Crippen molar-refractivity contribution in [3.05, 3.63) is 59.4 Å². The number of hydrogen-bond donors (Lipinski definition) is 1. The van der Waals surface area contributed by atoms with Crippen LogP contribution in [0.2, 0.25) is 0 Å². The summed E-state index contributed by atoms with van der Waals surface area (Å²) in [5.41, 5.74) is 8.68. The van der Waals surface area contributed by atoms with Crippen LogP contribution in [0.15, 0.2) is 42.5 Å². The van der Waals surface area contributed by atoms with Crippen molar-refractivity contribution in [2.45, 2.75) is 19.9 Å². The van der Waals surface area contributed by atoms with Gasteiger partial charge in [-0.05, 0) is 36.2 Å². The molecule has 0 aliphatic carbocycles. The molecule has 0 saturated heterocycles. The third kappa shape index (κ3) is 3.51. The van der Waals surface area contributed by atoms with Crippen molar-refractivity contribution in [2.24, 2.45) is 0 Å². The quantitative estimate of drug-likeness (QED) is 0.851. The Hall–Kier alpha value is -2.54. The molecule has 2 aromatic rings. The Labute approximate surface area is 124 Å². The molecule has 0 spiro atoms. The number of nitrogen functional groups attached to an aromatic ring is 1. The second-order valence-corrected chi connectivity index (χ2v) is 4.91. The number of para-hydroxylation sites is 2. The zero-order chi connectivity index (χ0) is 15.2. The predicted molar refractivity (Wildman–Crippen MR) is 83.3 cm³/mol. The van der Waals surface area contributed by atoms with Gasteiger partial charge in [0.25, 0.3) is 0 Å². The highest BCUT2D eigenvalue weighted by Crippen LogP contribution is 2.25. The maximum absolute atomic E-state index is 13.4. The Morgan fingerprint density at radius 2 is 2.00 bits per heavy atom. The highest BCUT2D eigenvalue weighted by molar-refractivity contribution is 5.67. The monoisotopic (exact) mass is 283 g/mol. The summed E-state index contributed by atoms with van der Waals surface area (Å²) in [5.74, 6) is -0.484. The third-order valence-corrected chi connectivity index (χ3v) is 3.30. The van der Waals surface area contributed by atoms with Crippen LogP contribution in [0.4, 0.5) is 15.8 Å². The standard InChI is InChI=1S/C17H18FN3/c1-2-9-21(17-6-4-3-5-16(17)20)12-13-7-8-15(18)14(10-13)11-19/h3-8,10H,2,9,12,20H2,1H3. The smallest absolute Gasteiger partial charge is 0.140 e. The number of nitrogens with two attached hydrogens (primary N) is 1. The molecular formula is C17H18FN3. The van der Waals surface area contributed by atoms with Gasteiger partial charge >= 0.3 is 0 Å². The Kier molecular flexibility index (Phi) is 4.78. The van der Waals surface area contributed by atoms with E-state index in [1.54, 1.807) is 12.1 Å². The van der Waals surface area contributed by atoms with Crippen molar-refractivity contribution in [3.63, 3.8) is 0 Å². The number of rotatable bonds is 5. The van der Waals surface area contributed by atoms with Gasteiger partial charge in [0, 0.05) is 13.1 Å². The SMILES string of the molecule is CCCN(Cc1ccc(F)c(C#N)c1)c1ccccc1N. The van der Waals surface area contributed by atoms with E-state index in [1.807, 2.05) is 30.3 Å². The van der Waals surface area contributed by atoms with Gasteiger partial charge < -0.3 is 10.6 Å². The molecule has 4 heteroatoms. The van der Waals surface area contributed by atoms with Crippen molar-refractivity contribution in [2.75, 3.05) is 17.2 Å². The zero-order valence-corrected chi connectivity index (χ0v) is 12.0. The predicted octanol–water partition coefficient (Wildman–Crippen LogP) is 3.70. The molecule has 0 aliphatic rings. The average Bonchev–Trinajstić information content (AvgIpc) is 2.49. The van der Waals surface area contributed by atoms with Crippen LogP contribution in [-0.2, 0) is 6.54 Å². The van der Waals surface area contributed by atoms with E-state index in [4.69, 9.17) is 11.0 Å². The molecule has 3 nitrogen and oxygen atoms in total. The summed E-state index contributed by atoms with van der Waals surface area (Å²) in [6.45, 7) is 3.53. The van der Waals surface area contributed by atoms with Gasteiger partial charge in [-0.1, -0.05) is 25.1 Å². The van der Waals surface area contributed by atoms with E-state index in [0.29, 0.717) is 12.2 Å². The number of halogens is 1. The number of hydrogen-bond acceptors (Lipinski definition) is 3. The molecule has 2 rings (SSSR count). The maximum atomic E-state index is 13.4. The fourth-order valence-corrected chi connectivity index (χ4v) is 2.31. The lowest BCUT2D eigenvalue weighted by Gasteiger charge is -2.26. The van der Waals surface area contributed by atoms with Gasteiger partial charge in [0.2, 0.25) is 0 Å². The Bertz CT molecular complexity index is 661. The second kappa shape index (κ2) is 6.76. The summed E-state index contributed by atoms with van der Waals surface area (Å²) in [5, 5.41) is 8.92. The lowest BCUT2D eigenvalue weighted by atomic mass is 10.1. The minimum Gasteiger partial charge on any atom is -0.397 e. The molecular weight excluding hydrogens is 265 g/mol. The van der Waals surface area contributed by atoms with Crippen molar-refractivity contribution >= 4 is 11.4 Å². The van der Waals surface area contributed by atoms with Gasteiger partial charge in [0.15, 0.2) is 0 Å². The number of nitriles is 1. The molecule has 0 fully saturated rings. The first-order valence-corrected chi connectivity index (χ1v) is 6.93. The van der Waals surface area contributed by atoms with Gasteiger partial charge in [-0.15, -0.1) is 0 Å². The van der Waals surface area contributed by atoms with Crippen molar-refractivity contribution in [1.29, 1.82) is 5.26 Å². The first kappa shape index (κ1) is 14.9. The van der Waals surface area contributed by atoms with Crippen LogP contribution in [-0.4, -0.2) is 6.54 Å². The van der Waals surface area contributed by atoms with Gasteiger partial charge in [-0.3, -0.25) is 0 Å². The van der Waals surface area contributed by atoms with Crippen LogP contribution >= 0.6 is 0 Å². The van der Waals surface area contributed by atoms with Gasteiger partial charge in [0.05, 0.1) is 16.9 Å². The van der Waals surface area contributed by atoms with Crippen LogP contribution in [0.5, 0.6) is 0 Å². The summed E-state index contributed by atoms with van der Waals surface area (Å²) in [7, 11) is 0. The molecule has 0 atom stereocenters. The molecule has 21 heavy (non-hydrogen) atoms. The molecule has 108 valence electrons. The summed E-state index contributed by atoms with van der Waals surface area (Å²) in [6.07, 6.45) is 0.973. The molecule has 0 unspecified atom stereocenters. The fourth-order valence-electron chi connectivity index (χ4n) is 2.31. The van der Waals surface area contributed by atoms with Gasteiger partial charge in [0.1, 0.15) is 11.9 Å². The summed E-state index contributed by atoms with van der Waals surface area (Å²) < 4.78 is 13.4. The van der Waals surface area contributed by atoms with E-state index in [9.17, 15) is 4.39 Å². The number of anilines is 2. The second-order valence-electron chi connectivity index (χ2n) is 4.91. The summed E-state index contributed by atoms with van der Waals surface area (Å²) in [4.78, 5) is 2.14. The molecule has 0 radical (unpaired) electrons. The fraction of sp³-hybridized carbons (Fsp3) is 0.235. The minimum absolute atomic E-state index is 0.0741. The minimum atomic E-state index is -0.484. The summed E-state index contributed by atoms with van der Waals surface area (Å²) in [6, 6.07) is 14.2. The molecule has 2 N–H and O–H groups in total. The van der Waals surface area contributed by atoms with Crippen LogP contribution in [0.1, 0.15) is 24.5 Å². The highest BCUT2D eigenvalue weighted by atomic mass is 19.1. The van der Waals surface area contributed by atoms with E-state index in [0.717, 1.165) is 24.2 Å². The molecule has 0 aliphatic heterocycles. The Morgan fingerprint density at radius 3 is 2.67 bits per heavy atom. The van der Waals surface area contributed by atoms with E-state index in [-0.39, 0.29) is 5.56 Å². The molecule has 0 heterocycles. The maximum Gasteiger partial charge on any atom is 0.140 e. The Morgan fingerprint density at radius 1 is 1.24 bits per heavy atom. The van der Waals surface area contributed by atoms with E-state index in [1.165, 1.54) is 6.07 Å². The van der Waals surface area contributed by atoms with Gasteiger partial charge in [-0.25, -0.2) is 4.39 Å². The number of nitrogens with zero attached hydrogens (tertiary/aromatic N) is 2. The third-order valence-electron chi connectivity index (χ3n) is 3.30. The van der Waals surface area contributed by atoms with E-state index in [2.05, 4.69) is 11.8 Å². The lowest BCUT2D eigenvalue weighted by molar-refractivity contribution is 0.622. The highest BCUT2D eigenvalue weighted by Gasteiger charge is 2.11. The molecule has 0 saturated carbocycles. The lowest BCUT2D eigenvalue weighted by Crippen LogP contribution is -2.24. The van der Waals surface area contributed by atoms with Crippen LogP contribution in [0.3, 0.4) is 0 Å². The van der Waals surface area contributed by atoms with Crippen molar-refractivity contribution in [1.82, 2.24) is 0 Å². The molecule has 0 amide bonds. The first-order chi connectivity index (χ1) is 10.2.